The molecule has 0 bridgehead atoms. The molecule has 0 atom stereocenters. The summed E-state index contributed by atoms with van der Waals surface area (Å²) in [4.78, 5) is 18.7. The van der Waals surface area contributed by atoms with Crippen LogP contribution < -0.4 is 0 Å². The Labute approximate surface area is 102 Å². The molecule has 0 N–H and O–H groups in total. The summed E-state index contributed by atoms with van der Waals surface area (Å²) in [7, 11) is 0. The molecule has 0 fully saturated rings. The minimum absolute atomic E-state index is 0.911. The van der Waals surface area contributed by atoms with E-state index in [9.17, 15) is 24.6 Å². The van der Waals surface area contributed by atoms with Crippen LogP contribution in [-0.2, 0) is 0 Å². The van der Waals surface area contributed by atoms with Gasteiger partial charge in [0.15, 0.2) is 20.9 Å². The Morgan fingerprint density at radius 1 is 0.875 bits per heavy atom. The molecule has 0 aliphatic heterocycles. The smallest absolute Gasteiger partial charge is 0.258 e. The molecular weight excluding hydrogens is 289 g/mol. The summed E-state index contributed by atoms with van der Waals surface area (Å²) in [6, 6.07) is 0. The third kappa shape index (κ3) is 1.89. The SMILES string of the molecule is O=[N+]([O-])c1c(Cl)c(F)c(Cl)c([N+](=O)[O-])c1Cl. The number of nitro benzene ring substituents is 2. The number of benzene rings is 1. The summed E-state index contributed by atoms with van der Waals surface area (Å²) >= 11 is 15.9. The molecule has 86 valence electrons. The number of hydrogen-bond donors (Lipinski definition) is 0. The van der Waals surface area contributed by atoms with Gasteiger partial charge in [0, 0.05) is 0 Å². The molecule has 0 aliphatic carbocycles. The molecule has 0 unspecified atom stereocenters. The van der Waals surface area contributed by atoms with Gasteiger partial charge in [-0.15, -0.1) is 0 Å². The fourth-order valence-corrected chi connectivity index (χ4v) is 1.92. The van der Waals surface area contributed by atoms with Gasteiger partial charge in [-0.05, 0) is 0 Å². The van der Waals surface area contributed by atoms with E-state index in [0.717, 1.165) is 0 Å². The summed E-state index contributed by atoms with van der Waals surface area (Å²) in [5.74, 6) is -1.45. The quantitative estimate of drug-likeness (QED) is 0.360. The summed E-state index contributed by atoms with van der Waals surface area (Å²) in [5, 5.41) is 18.1. The lowest BCUT2D eigenvalue weighted by Crippen LogP contribution is -1.99. The molecule has 0 amide bonds. The molecule has 0 aliphatic rings. The van der Waals surface area contributed by atoms with Crippen molar-refractivity contribution < 1.29 is 14.2 Å². The zero-order valence-corrected chi connectivity index (χ0v) is 9.31. The van der Waals surface area contributed by atoms with Crippen molar-refractivity contribution >= 4 is 46.2 Å². The van der Waals surface area contributed by atoms with Crippen LogP contribution in [0.1, 0.15) is 0 Å². The fourth-order valence-electron chi connectivity index (χ4n) is 0.930. The average molecular weight is 289 g/mol. The molecule has 1 aromatic rings. The van der Waals surface area contributed by atoms with Crippen LogP contribution in [0.3, 0.4) is 0 Å². The Kier molecular flexibility index (Phi) is 3.51. The second-order valence-corrected chi connectivity index (χ2v) is 3.60. The first-order valence-corrected chi connectivity index (χ1v) is 4.57. The Hall–Kier alpha value is -1.18. The third-order valence-electron chi connectivity index (χ3n) is 1.58. The largest absolute Gasteiger partial charge is 0.316 e. The minimum Gasteiger partial charge on any atom is -0.258 e. The second kappa shape index (κ2) is 4.36. The first-order valence-electron chi connectivity index (χ1n) is 3.43. The standard InChI is InChI=1S/C6Cl3FN2O4/c7-1-4(10)2(8)6(12(15)16)3(9)5(1)11(13)14. The van der Waals surface area contributed by atoms with Gasteiger partial charge in [0.25, 0.3) is 0 Å². The van der Waals surface area contributed by atoms with Crippen LogP contribution in [0.5, 0.6) is 0 Å². The summed E-state index contributed by atoms with van der Waals surface area (Å²) in [6.07, 6.45) is 0. The summed E-state index contributed by atoms with van der Waals surface area (Å²) in [6.45, 7) is 0. The summed E-state index contributed by atoms with van der Waals surface area (Å²) in [5.41, 5.74) is -2.17. The second-order valence-electron chi connectivity index (χ2n) is 2.47. The highest BCUT2D eigenvalue weighted by Gasteiger charge is 2.35. The van der Waals surface area contributed by atoms with Gasteiger partial charge < -0.3 is 0 Å². The van der Waals surface area contributed by atoms with Gasteiger partial charge in [0.1, 0.15) is 0 Å². The van der Waals surface area contributed by atoms with E-state index in [1.54, 1.807) is 0 Å². The van der Waals surface area contributed by atoms with Gasteiger partial charge in [0.2, 0.25) is 0 Å². The van der Waals surface area contributed by atoms with Crippen molar-refractivity contribution in [2.45, 2.75) is 0 Å². The lowest BCUT2D eigenvalue weighted by Gasteiger charge is -2.03. The number of rotatable bonds is 2. The van der Waals surface area contributed by atoms with E-state index in [2.05, 4.69) is 0 Å². The fraction of sp³-hybridized carbons (Fsp3) is 0. The zero-order chi connectivity index (χ0) is 12.6. The van der Waals surface area contributed by atoms with Gasteiger partial charge in [-0.1, -0.05) is 34.8 Å². The Morgan fingerprint density at radius 3 is 1.44 bits per heavy atom. The molecule has 0 radical (unpaired) electrons. The van der Waals surface area contributed by atoms with E-state index >= 15 is 0 Å². The van der Waals surface area contributed by atoms with E-state index in [0.29, 0.717) is 0 Å². The lowest BCUT2D eigenvalue weighted by atomic mass is 10.2. The van der Waals surface area contributed by atoms with E-state index < -0.39 is 42.1 Å². The van der Waals surface area contributed by atoms with Crippen molar-refractivity contribution in [1.29, 1.82) is 0 Å². The van der Waals surface area contributed by atoms with E-state index in [4.69, 9.17) is 34.8 Å². The maximum atomic E-state index is 13.2. The third-order valence-corrected chi connectivity index (χ3v) is 2.63. The molecule has 0 saturated heterocycles. The van der Waals surface area contributed by atoms with E-state index in [1.165, 1.54) is 0 Å². The van der Waals surface area contributed by atoms with Crippen LogP contribution in [0.2, 0.25) is 15.1 Å². The average Bonchev–Trinajstić information content (AvgIpc) is 2.13. The van der Waals surface area contributed by atoms with Crippen molar-refractivity contribution in [1.82, 2.24) is 0 Å². The van der Waals surface area contributed by atoms with Crippen LogP contribution in [0, 0.1) is 26.0 Å². The molecule has 1 aromatic carbocycles. The molecule has 1 rings (SSSR count). The maximum Gasteiger partial charge on any atom is 0.316 e. The number of hydrogen-bond acceptors (Lipinski definition) is 4. The Balaban J connectivity index is 3.80. The van der Waals surface area contributed by atoms with Crippen LogP contribution in [0.25, 0.3) is 0 Å². The molecule has 0 spiro atoms. The van der Waals surface area contributed by atoms with Gasteiger partial charge in [0.05, 0.1) is 9.85 Å². The predicted molar refractivity (Wildman–Crippen MR) is 54.7 cm³/mol. The van der Waals surface area contributed by atoms with Crippen LogP contribution in [-0.4, -0.2) is 9.85 Å². The normalized spacial score (nSPS) is 10.2. The number of nitrogens with zero attached hydrogens (tertiary/aromatic N) is 2. The monoisotopic (exact) mass is 288 g/mol. The van der Waals surface area contributed by atoms with Crippen molar-refractivity contribution in [2.75, 3.05) is 0 Å². The molecule has 0 heterocycles. The van der Waals surface area contributed by atoms with Crippen molar-refractivity contribution in [3.63, 3.8) is 0 Å². The first-order chi connectivity index (χ1) is 7.29. The van der Waals surface area contributed by atoms with Crippen LogP contribution in [0.4, 0.5) is 15.8 Å². The minimum atomic E-state index is -1.45. The van der Waals surface area contributed by atoms with Crippen molar-refractivity contribution in [2.24, 2.45) is 0 Å². The molecule has 0 aromatic heterocycles. The molecule has 0 saturated carbocycles. The van der Waals surface area contributed by atoms with E-state index in [1.807, 2.05) is 0 Å². The first kappa shape index (κ1) is 12.9. The maximum absolute atomic E-state index is 13.2. The van der Waals surface area contributed by atoms with Crippen LogP contribution >= 0.6 is 34.8 Å². The molecule has 6 nitrogen and oxygen atoms in total. The van der Waals surface area contributed by atoms with Crippen molar-refractivity contribution in [3.8, 4) is 0 Å². The highest BCUT2D eigenvalue weighted by molar-refractivity contribution is 6.43. The van der Waals surface area contributed by atoms with Gasteiger partial charge in [-0.3, -0.25) is 20.2 Å². The Morgan fingerprint density at radius 2 is 1.19 bits per heavy atom. The summed E-state index contributed by atoms with van der Waals surface area (Å²) < 4.78 is 13.2. The zero-order valence-electron chi connectivity index (χ0n) is 7.04. The number of halogens is 4. The highest BCUT2D eigenvalue weighted by atomic mass is 35.5. The Bertz CT molecular complexity index is 466. The molecule has 10 heteroatoms. The van der Waals surface area contributed by atoms with E-state index in [-0.39, 0.29) is 0 Å². The highest BCUT2D eigenvalue weighted by Crippen LogP contribution is 2.45. The predicted octanol–water partition coefficient (Wildman–Crippen LogP) is 3.60. The topological polar surface area (TPSA) is 86.3 Å². The van der Waals surface area contributed by atoms with Crippen LogP contribution in [0.15, 0.2) is 0 Å². The molecule has 16 heavy (non-hydrogen) atoms. The molecular formula is C6Cl3FN2O4. The van der Waals surface area contributed by atoms with Gasteiger partial charge >= 0.3 is 11.4 Å². The van der Waals surface area contributed by atoms with Gasteiger partial charge in [-0.25, -0.2) is 4.39 Å². The lowest BCUT2D eigenvalue weighted by molar-refractivity contribution is -0.394. The van der Waals surface area contributed by atoms with Gasteiger partial charge in [-0.2, -0.15) is 0 Å². The van der Waals surface area contributed by atoms with Crippen molar-refractivity contribution in [3.05, 3.63) is 41.1 Å². The number of nitro groups is 2.